The van der Waals surface area contributed by atoms with Gasteiger partial charge in [-0.1, -0.05) is 13.8 Å². The average molecular weight is 155 g/mol. The molecule has 3 nitrogen and oxygen atoms in total. The van der Waals surface area contributed by atoms with E-state index in [0.29, 0.717) is 0 Å². The summed E-state index contributed by atoms with van der Waals surface area (Å²) in [5.74, 6) is 0.0121. The van der Waals surface area contributed by atoms with E-state index in [1.807, 2.05) is 13.8 Å². The number of hydrogen-bond acceptors (Lipinski definition) is 2. The second-order valence-corrected chi connectivity index (χ2v) is 1.83. The van der Waals surface area contributed by atoms with Gasteiger partial charge >= 0.3 is 0 Å². The zero-order chi connectivity index (χ0) is 8.85. The van der Waals surface area contributed by atoms with Crippen molar-refractivity contribution in [3.8, 4) is 5.75 Å². The van der Waals surface area contributed by atoms with Crippen molar-refractivity contribution in [3.63, 3.8) is 0 Å². The number of hydrogen-bond donors (Lipinski definition) is 1. The van der Waals surface area contributed by atoms with Crippen LogP contribution in [0.25, 0.3) is 0 Å². The standard InChI is InChI=1S/C6H7NO2.C2H6/c1-7-3-2-5(8)4-6(7)9;1-2/h2-4,8H,1H3;1-2H3. The molecule has 0 aliphatic rings. The highest BCUT2D eigenvalue weighted by molar-refractivity contribution is 5.15. The van der Waals surface area contributed by atoms with Crippen LogP contribution in [0.2, 0.25) is 0 Å². The van der Waals surface area contributed by atoms with E-state index in [-0.39, 0.29) is 11.3 Å². The van der Waals surface area contributed by atoms with Gasteiger partial charge in [0.2, 0.25) is 0 Å². The summed E-state index contributed by atoms with van der Waals surface area (Å²) in [4.78, 5) is 10.6. The molecule has 0 saturated carbocycles. The molecule has 0 amide bonds. The van der Waals surface area contributed by atoms with E-state index in [0.717, 1.165) is 0 Å². The summed E-state index contributed by atoms with van der Waals surface area (Å²) in [7, 11) is 1.63. The number of nitrogens with zero attached hydrogens (tertiary/aromatic N) is 1. The molecule has 1 aromatic heterocycles. The zero-order valence-corrected chi connectivity index (χ0v) is 7.03. The summed E-state index contributed by atoms with van der Waals surface area (Å²) in [5, 5.41) is 8.72. The van der Waals surface area contributed by atoms with E-state index in [2.05, 4.69) is 0 Å². The molecule has 0 fully saturated rings. The molecule has 0 unspecified atom stereocenters. The highest BCUT2D eigenvalue weighted by atomic mass is 16.3. The average Bonchev–Trinajstić information content (AvgIpc) is 2.02. The molecule has 62 valence electrons. The maximum atomic E-state index is 10.6. The highest BCUT2D eigenvalue weighted by Crippen LogP contribution is 1.98. The lowest BCUT2D eigenvalue weighted by Crippen LogP contribution is -2.12. The van der Waals surface area contributed by atoms with Gasteiger partial charge in [0, 0.05) is 19.3 Å². The molecular formula is C8H13NO2. The van der Waals surface area contributed by atoms with Crippen LogP contribution >= 0.6 is 0 Å². The molecule has 1 rings (SSSR count). The monoisotopic (exact) mass is 155 g/mol. The van der Waals surface area contributed by atoms with Gasteiger partial charge in [0.05, 0.1) is 0 Å². The Kier molecular flexibility index (Phi) is 4.03. The van der Waals surface area contributed by atoms with E-state index < -0.39 is 0 Å². The first-order chi connectivity index (χ1) is 5.20. The van der Waals surface area contributed by atoms with Gasteiger partial charge in [0.25, 0.3) is 5.56 Å². The predicted molar refractivity (Wildman–Crippen MR) is 44.7 cm³/mol. The molecule has 3 heteroatoms. The molecule has 1 N–H and O–H groups in total. The van der Waals surface area contributed by atoms with Gasteiger partial charge < -0.3 is 9.67 Å². The molecule has 0 radical (unpaired) electrons. The Labute approximate surface area is 65.9 Å². The summed E-state index contributed by atoms with van der Waals surface area (Å²) in [6, 6.07) is 2.63. The SMILES string of the molecule is CC.Cn1ccc(O)cc1=O. The molecule has 1 heterocycles. The third-order valence-electron chi connectivity index (χ3n) is 1.09. The van der Waals surface area contributed by atoms with Crippen LogP contribution in [0.1, 0.15) is 13.8 Å². The maximum absolute atomic E-state index is 10.6. The van der Waals surface area contributed by atoms with Gasteiger partial charge in [-0.25, -0.2) is 0 Å². The minimum atomic E-state index is -0.199. The minimum Gasteiger partial charge on any atom is -0.508 e. The van der Waals surface area contributed by atoms with Gasteiger partial charge in [-0.3, -0.25) is 4.79 Å². The predicted octanol–water partition coefficient (Wildman–Crippen LogP) is 1.12. The Morgan fingerprint density at radius 3 is 2.36 bits per heavy atom. The van der Waals surface area contributed by atoms with Crippen LogP contribution in [0, 0.1) is 0 Å². The molecule has 0 atom stereocenters. The fourth-order valence-corrected chi connectivity index (χ4v) is 0.538. The van der Waals surface area contributed by atoms with E-state index in [1.165, 1.54) is 22.9 Å². The smallest absolute Gasteiger partial charge is 0.253 e. The fraction of sp³-hybridized carbons (Fsp3) is 0.375. The van der Waals surface area contributed by atoms with Crippen molar-refractivity contribution >= 4 is 0 Å². The van der Waals surface area contributed by atoms with Gasteiger partial charge in [0.15, 0.2) is 0 Å². The second kappa shape index (κ2) is 4.55. The topological polar surface area (TPSA) is 42.2 Å². The zero-order valence-electron chi connectivity index (χ0n) is 7.03. The third-order valence-corrected chi connectivity index (χ3v) is 1.09. The summed E-state index contributed by atoms with van der Waals surface area (Å²) >= 11 is 0. The Bertz CT molecular complexity index is 265. The normalized spacial score (nSPS) is 8.27. The lowest BCUT2D eigenvalue weighted by Gasteiger charge is -1.93. The van der Waals surface area contributed by atoms with Crippen LogP contribution in [0.4, 0.5) is 0 Å². The van der Waals surface area contributed by atoms with Crippen LogP contribution in [0.5, 0.6) is 5.75 Å². The molecule has 11 heavy (non-hydrogen) atoms. The van der Waals surface area contributed by atoms with E-state index in [9.17, 15) is 4.79 Å². The fourth-order valence-electron chi connectivity index (χ4n) is 0.538. The molecule has 0 bridgehead atoms. The molecular weight excluding hydrogens is 142 g/mol. The van der Waals surface area contributed by atoms with Crippen molar-refractivity contribution < 1.29 is 5.11 Å². The van der Waals surface area contributed by atoms with Crippen LogP contribution < -0.4 is 5.56 Å². The third kappa shape index (κ3) is 2.89. The summed E-state index contributed by atoms with van der Waals surface area (Å²) < 4.78 is 1.39. The van der Waals surface area contributed by atoms with E-state index in [1.54, 1.807) is 7.05 Å². The van der Waals surface area contributed by atoms with E-state index >= 15 is 0 Å². The Hall–Kier alpha value is -1.25. The number of aryl methyl sites for hydroxylation is 1. The van der Waals surface area contributed by atoms with Crippen molar-refractivity contribution in [2.45, 2.75) is 13.8 Å². The number of rotatable bonds is 0. The second-order valence-electron chi connectivity index (χ2n) is 1.83. The van der Waals surface area contributed by atoms with Crippen molar-refractivity contribution in [1.82, 2.24) is 4.57 Å². The molecule has 0 aliphatic carbocycles. The number of aromatic nitrogens is 1. The first kappa shape index (κ1) is 9.75. The molecule has 0 spiro atoms. The summed E-state index contributed by atoms with van der Waals surface area (Å²) in [6.45, 7) is 4.00. The van der Waals surface area contributed by atoms with Crippen LogP contribution in [0.15, 0.2) is 23.1 Å². The minimum absolute atomic E-state index is 0.0121. The van der Waals surface area contributed by atoms with Gasteiger partial charge in [-0.05, 0) is 6.07 Å². The first-order valence-electron chi connectivity index (χ1n) is 3.56. The van der Waals surface area contributed by atoms with Crippen molar-refractivity contribution in [1.29, 1.82) is 0 Å². The molecule has 0 aromatic carbocycles. The van der Waals surface area contributed by atoms with Crippen LogP contribution in [0.3, 0.4) is 0 Å². The largest absolute Gasteiger partial charge is 0.508 e. The van der Waals surface area contributed by atoms with Crippen LogP contribution in [-0.4, -0.2) is 9.67 Å². The van der Waals surface area contributed by atoms with Gasteiger partial charge in [-0.2, -0.15) is 0 Å². The van der Waals surface area contributed by atoms with Crippen molar-refractivity contribution in [2.75, 3.05) is 0 Å². The lowest BCUT2D eigenvalue weighted by atomic mass is 10.4. The molecule has 0 saturated heterocycles. The first-order valence-corrected chi connectivity index (χ1v) is 3.56. The van der Waals surface area contributed by atoms with E-state index in [4.69, 9.17) is 5.11 Å². The number of pyridine rings is 1. The summed E-state index contributed by atoms with van der Waals surface area (Å²) in [5.41, 5.74) is -0.199. The number of aromatic hydroxyl groups is 1. The van der Waals surface area contributed by atoms with Crippen molar-refractivity contribution in [3.05, 3.63) is 28.7 Å². The molecule has 0 aliphatic heterocycles. The van der Waals surface area contributed by atoms with Gasteiger partial charge in [-0.15, -0.1) is 0 Å². The van der Waals surface area contributed by atoms with Gasteiger partial charge in [0.1, 0.15) is 5.75 Å². The highest BCUT2D eigenvalue weighted by Gasteiger charge is 1.88. The summed E-state index contributed by atoms with van der Waals surface area (Å²) in [6.07, 6.45) is 1.51. The van der Waals surface area contributed by atoms with Crippen LogP contribution in [-0.2, 0) is 7.05 Å². The quantitative estimate of drug-likeness (QED) is 0.610. The molecule has 1 aromatic rings. The Morgan fingerprint density at radius 2 is 2.00 bits per heavy atom. The maximum Gasteiger partial charge on any atom is 0.253 e. The van der Waals surface area contributed by atoms with Crippen molar-refractivity contribution in [2.24, 2.45) is 7.05 Å². The Balaban J connectivity index is 0.000000461. The Morgan fingerprint density at radius 1 is 1.45 bits per heavy atom. The lowest BCUT2D eigenvalue weighted by molar-refractivity contribution is 0.472.